The maximum Gasteiger partial charge on any atom is 0.325 e. The van der Waals surface area contributed by atoms with E-state index >= 15 is 0 Å². The molecule has 1 fully saturated rings. The van der Waals surface area contributed by atoms with Gasteiger partial charge in [-0.05, 0) is 43.7 Å². The first-order valence-electron chi connectivity index (χ1n) is 9.23. The molecule has 29 heavy (non-hydrogen) atoms. The van der Waals surface area contributed by atoms with Crippen molar-refractivity contribution in [3.8, 4) is 11.5 Å². The number of anilines is 1. The number of aryl methyl sites for hydroxylation is 1. The maximum atomic E-state index is 12.9. The number of ether oxygens (including phenoxy) is 2. The van der Waals surface area contributed by atoms with Crippen molar-refractivity contribution in [2.75, 3.05) is 18.7 Å². The molecule has 0 aromatic heterocycles. The van der Waals surface area contributed by atoms with Crippen LogP contribution in [-0.4, -0.2) is 41.6 Å². The molecule has 2 heterocycles. The number of imide groups is 1. The van der Waals surface area contributed by atoms with Gasteiger partial charge in [-0.15, -0.1) is 0 Å². The van der Waals surface area contributed by atoms with E-state index in [4.69, 9.17) is 9.47 Å². The highest BCUT2D eigenvalue weighted by Crippen LogP contribution is 2.34. The number of fused-ring (bicyclic) bond motifs is 1. The van der Waals surface area contributed by atoms with Gasteiger partial charge in [-0.3, -0.25) is 14.5 Å². The van der Waals surface area contributed by atoms with Crippen molar-refractivity contribution in [3.63, 3.8) is 0 Å². The highest BCUT2D eigenvalue weighted by molar-refractivity contribution is 6.10. The second-order valence-electron chi connectivity index (χ2n) is 7.43. The molecule has 0 spiro atoms. The van der Waals surface area contributed by atoms with Crippen molar-refractivity contribution < 1.29 is 23.9 Å². The van der Waals surface area contributed by atoms with Crippen molar-refractivity contribution in [2.24, 2.45) is 0 Å². The van der Waals surface area contributed by atoms with Gasteiger partial charge in [0.2, 0.25) is 12.7 Å². The van der Waals surface area contributed by atoms with Gasteiger partial charge < -0.3 is 20.1 Å². The third kappa shape index (κ3) is 3.73. The Hall–Kier alpha value is -3.55. The average molecular weight is 395 g/mol. The van der Waals surface area contributed by atoms with Crippen LogP contribution in [0.15, 0.2) is 42.5 Å². The molecule has 1 saturated heterocycles. The van der Waals surface area contributed by atoms with Crippen molar-refractivity contribution in [3.05, 3.63) is 53.6 Å². The summed E-state index contributed by atoms with van der Waals surface area (Å²) in [4.78, 5) is 38.6. The van der Waals surface area contributed by atoms with Crippen LogP contribution in [-0.2, 0) is 16.0 Å². The number of hydrogen-bond donors (Lipinski definition) is 2. The Bertz CT molecular complexity index is 988. The van der Waals surface area contributed by atoms with Gasteiger partial charge in [-0.2, -0.15) is 0 Å². The first kappa shape index (κ1) is 18.8. The van der Waals surface area contributed by atoms with Gasteiger partial charge in [0.1, 0.15) is 12.1 Å². The first-order chi connectivity index (χ1) is 13.8. The summed E-state index contributed by atoms with van der Waals surface area (Å²) < 4.78 is 10.7. The largest absolute Gasteiger partial charge is 0.454 e. The molecule has 150 valence electrons. The zero-order valence-corrected chi connectivity index (χ0v) is 16.2. The zero-order chi connectivity index (χ0) is 20.6. The van der Waals surface area contributed by atoms with E-state index in [9.17, 15) is 14.4 Å². The third-order valence-corrected chi connectivity index (χ3v) is 4.98. The Balaban J connectivity index is 1.43. The lowest BCUT2D eigenvalue weighted by atomic mass is 9.92. The van der Waals surface area contributed by atoms with Crippen molar-refractivity contribution in [1.82, 2.24) is 10.2 Å². The monoisotopic (exact) mass is 395 g/mol. The number of urea groups is 1. The van der Waals surface area contributed by atoms with Crippen LogP contribution in [0.1, 0.15) is 18.1 Å². The van der Waals surface area contributed by atoms with Gasteiger partial charge in [0.15, 0.2) is 11.5 Å². The van der Waals surface area contributed by atoms with E-state index in [1.54, 1.807) is 31.2 Å². The Kier molecular flexibility index (Phi) is 4.62. The molecule has 0 saturated carbocycles. The molecule has 2 aliphatic rings. The minimum absolute atomic E-state index is 0.162. The first-order valence-corrected chi connectivity index (χ1v) is 9.23. The second kappa shape index (κ2) is 7.12. The topological polar surface area (TPSA) is 97.0 Å². The van der Waals surface area contributed by atoms with Crippen molar-refractivity contribution in [2.45, 2.75) is 25.8 Å². The molecule has 0 radical (unpaired) electrons. The fourth-order valence-corrected chi connectivity index (χ4v) is 3.45. The molecule has 0 aliphatic carbocycles. The molecule has 0 unspecified atom stereocenters. The van der Waals surface area contributed by atoms with E-state index < -0.39 is 23.4 Å². The smallest absolute Gasteiger partial charge is 0.325 e. The van der Waals surface area contributed by atoms with Crippen LogP contribution >= 0.6 is 0 Å². The highest BCUT2D eigenvalue weighted by Gasteiger charge is 2.48. The number of nitrogens with zero attached hydrogens (tertiary/aromatic N) is 1. The minimum atomic E-state index is -1.14. The molecule has 4 amide bonds. The minimum Gasteiger partial charge on any atom is -0.454 e. The summed E-state index contributed by atoms with van der Waals surface area (Å²) in [5.41, 5.74) is 1.35. The SMILES string of the molecule is Cc1ccc(NC(=O)CN2C(=O)N[C@](C)(Cc3ccc4c(c3)OCO4)C2=O)cc1. The zero-order valence-electron chi connectivity index (χ0n) is 16.2. The van der Waals surface area contributed by atoms with E-state index in [-0.39, 0.29) is 19.8 Å². The van der Waals surface area contributed by atoms with Crippen LogP contribution in [0.4, 0.5) is 10.5 Å². The molecule has 2 aliphatic heterocycles. The molecule has 1 atom stereocenters. The van der Waals surface area contributed by atoms with Gasteiger partial charge in [-0.1, -0.05) is 23.8 Å². The van der Waals surface area contributed by atoms with Gasteiger partial charge in [0.25, 0.3) is 5.91 Å². The molecular weight excluding hydrogens is 374 g/mol. The van der Waals surface area contributed by atoms with E-state index in [2.05, 4.69) is 10.6 Å². The predicted octanol–water partition coefficient (Wildman–Crippen LogP) is 2.22. The van der Waals surface area contributed by atoms with E-state index in [1.165, 1.54) is 0 Å². The molecule has 8 heteroatoms. The van der Waals surface area contributed by atoms with Crippen LogP contribution in [0.3, 0.4) is 0 Å². The van der Waals surface area contributed by atoms with Crippen molar-refractivity contribution >= 4 is 23.5 Å². The molecular formula is C21H21N3O5. The summed E-state index contributed by atoms with van der Waals surface area (Å²) in [7, 11) is 0. The van der Waals surface area contributed by atoms with Crippen LogP contribution in [0, 0.1) is 6.92 Å². The van der Waals surface area contributed by atoms with E-state index in [0.717, 1.165) is 16.0 Å². The van der Waals surface area contributed by atoms with Crippen LogP contribution in [0.25, 0.3) is 0 Å². The fourth-order valence-electron chi connectivity index (χ4n) is 3.45. The number of carbonyl (C=O) groups is 3. The van der Waals surface area contributed by atoms with Gasteiger partial charge in [-0.25, -0.2) is 4.79 Å². The fraction of sp³-hybridized carbons (Fsp3) is 0.286. The standard InChI is InChI=1S/C21H21N3O5/c1-13-3-6-15(7-4-13)22-18(25)11-24-19(26)21(2,23-20(24)27)10-14-5-8-16-17(9-14)29-12-28-16/h3-9H,10-12H2,1-2H3,(H,22,25)(H,23,27)/t21-/m1/s1. The quantitative estimate of drug-likeness (QED) is 0.757. The normalized spacial score (nSPS) is 20.0. The molecule has 2 N–H and O–H groups in total. The lowest BCUT2D eigenvalue weighted by Gasteiger charge is -2.22. The van der Waals surface area contributed by atoms with E-state index in [1.807, 2.05) is 25.1 Å². The Morgan fingerprint density at radius 2 is 1.86 bits per heavy atom. The number of amides is 4. The molecule has 8 nitrogen and oxygen atoms in total. The maximum absolute atomic E-state index is 12.9. The van der Waals surface area contributed by atoms with Crippen molar-refractivity contribution in [1.29, 1.82) is 0 Å². The number of carbonyl (C=O) groups excluding carboxylic acids is 3. The lowest BCUT2D eigenvalue weighted by molar-refractivity contribution is -0.133. The average Bonchev–Trinajstić information content (AvgIpc) is 3.22. The van der Waals surface area contributed by atoms with Gasteiger partial charge in [0.05, 0.1) is 0 Å². The number of nitrogens with one attached hydrogen (secondary N) is 2. The summed E-state index contributed by atoms with van der Waals surface area (Å²) in [5, 5.41) is 5.41. The molecule has 0 bridgehead atoms. The third-order valence-electron chi connectivity index (χ3n) is 4.98. The predicted molar refractivity (Wildman–Crippen MR) is 105 cm³/mol. The molecule has 2 aromatic rings. The Morgan fingerprint density at radius 3 is 2.62 bits per heavy atom. The summed E-state index contributed by atoms with van der Waals surface area (Å²) in [6.07, 6.45) is 0.268. The second-order valence-corrected chi connectivity index (χ2v) is 7.43. The summed E-state index contributed by atoms with van der Waals surface area (Å²) in [6, 6.07) is 12.1. The number of hydrogen-bond acceptors (Lipinski definition) is 5. The van der Waals surface area contributed by atoms with Crippen LogP contribution in [0.2, 0.25) is 0 Å². The van der Waals surface area contributed by atoms with E-state index in [0.29, 0.717) is 17.2 Å². The van der Waals surface area contributed by atoms with Gasteiger partial charge in [0, 0.05) is 12.1 Å². The number of rotatable bonds is 5. The molecule has 2 aromatic carbocycles. The molecule has 4 rings (SSSR count). The summed E-state index contributed by atoms with van der Waals surface area (Å²) >= 11 is 0. The van der Waals surface area contributed by atoms with Gasteiger partial charge >= 0.3 is 6.03 Å². The number of benzene rings is 2. The Labute approximate surface area is 167 Å². The van der Waals surface area contributed by atoms with Crippen LogP contribution in [0.5, 0.6) is 11.5 Å². The Morgan fingerprint density at radius 1 is 1.14 bits per heavy atom. The summed E-state index contributed by atoms with van der Waals surface area (Å²) in [5.74, 6) is 0.371. The highest BCUT2D eigenvalue weighted by atomic mass is 16.7. The lowest BCUT2D eigenvalue weighted by Crippen LogP contribution is -2.46. The van der Waals surface area contributed by atoms with Crippen LogP contribution < -0.4 is 20.1 Å². The summed E-state index contributed by atoms with van der Waals surface area (Å²) in [6.45, 7) is 3.40.